The van der Waals surface area contributed by atoms with Crippen LogP contribution in [0.15, 0.2) is 24.3 Å². The number of ether oxygens (including phenoxy) is 1. The van der Waals surface area contributed by atoms with Gasteiger partial charge in [-0.1, -0.05) is 26.0 Å². The minimum absolute atomic E-state index is 0.0691. The molecule has 0 spiro atoms. The fourth-order valence-electron chi connectivity index (χ4n) is 4.17. The van der Waals surface area contributed by atoms with Crippen LogP contribution < -0.4 is 10.1 Å². The van der Waals surface area contributed by atoms with E-state index in [0.717, 1.165) is 22.6 Å². The first kappa shape index (κ1) is 19.9. The lowest BCUT2D eigenvalue weighted by atomic mass is 9.85. The lowest BCUT2D eigenvalue weighted by molar-refractivity contribution is -0.116. The van der Waals surface area contributed by atoms with Gasteiger partial charge in [0.05, 0.1) is 29.8 Å². The molecule has 2 atom stereocenters. The fourth-order valence-corrected chi connectivity index (χ4v) is 5.87. The Labute approximate surface area is 171 Å². The fraction of sp³-hybridized carbons (Fsp3) is 0.524. The first-order chi connectivity index (χ1) is 13.7. The van der Waals surface area contributed by atoms with E-state index in [2.05, 4.69) is 24.3 Å². The van der Waals surface area contributed by atoms with Crippen LogP contribution in [0.1, 0.15) is 55.5 Å². The molecule has 0 saturated carbocycles. The Kier molecular flexibility index (Phi) is 5.14. The summed E-state index contributed by atoms with van der Waals surface area (Å²) in [6, 6.07) is 7.64. The van der Waals surface area contributed by atoms with Crippen molar-refractivity contribution in [1.82, 2.24) is 9.78 Å². The van der Waals surface area contributed by atoms with Gasteiger partial charge in [-0.2, -0.15) is 5.10 Å². The quantitative estimate of drug-likeness (QED) is 0.807. The van der Waals surface area contributed by atoms with Gasteiger partial charge in [-0.25, -0.2) is 13.1 Å². The molecule has 0 bridgehead atoms. The van der Waals surface area contributed by atoms with Crippen molar-refractivity contribution in [3.63, 3.8) is 0 Å². The minimum Gasteiger partial charge on any atom is -0.493 e. The number of nitrogens with zero attached hydrogens (tertiary/aromatic N) is 2. The van der Waals surface area contributed by atoms with Gasteiger partial charge >= 0.3 is 0 Å². The summed E-state index contributed by atoms with van der Waals surface area (Å²) in [5.74, 6) is 1.87. The largest absolute Gasteiger partial charge is 0.493 e. The third-order valence-electron chi connectivity index (χ3n) is 5.53. The second-order valence-electron chi connectivity index (χ2n) is 8.43. The number of benzene rings is 1. The Bertz CT molecular complexity index is 1040. The number of carbonyl (C=O) groups excluding carboxylic acids is 1. The van der Waals surface area contributed by atoms with E-state index in [-0.39, 0.29) is 29.4 Å². The molecule has 156 valence electrons. The summed E-state index contributed by atoms with van der Waals surface area (Å²) < 4.78 is 31.5. The van der Waals surface area contributed by atoms with Gasteiger partial charge in [-0.05, 0) is 37.0 Å². The lowest BCUT2D eigenvalue weighted by Gasteiger charge is -2.25. The summed E-state index contributed by atoms with van der Waals surface area (Å²) in [7, 11) is -3.05. The Morgan fingerprint density at radius 1 is 1.34 bits per heavy atom. The van der Waals surface area contributed by atoms with Crippen LogP contribution in [0.25, 0.3) is 0 Å². The number of rotatable bonds is 5. The highest BCUT2D eigenvalue weighted by Crippen LogP contribution is 2.42. The predicted octanol–water partition coefficient (Wildman–Crippen LogP) is 3.06. The molecule has 1 amide bonds. The number of sulfone groups is 1. The van der Waals surface area contributed by atoms with Crippen molar-refractivity contribution in [2.45, 2.75) is 45.6 Å². The van der Waals surface area contributed by atoms with Crippen LogP contribution >= 0.6 is 0 Å². The second-order valence-corrected chi connectivity index (χ2v) is 10.7. The zero-order valence-corrected chi connectivity index (χ0v) is 17.8. The molecule has 3 heterocycles. The first-order valence-corrected chi connectivity index (χ1v) is 11.9. The summed E-state index contributed by atoms with van der Waals surface area (Å²) in [4.78, 5) is 12.5. The number of aromatic nitrogens is 2. The van der Waals surface area contributed by atoms with Gasteiger partial charge in [0.2, 0.25) is 5.91 Å². The van der Waals surface area contributed by atoms with E-state index in [1.807, 2.05) is 31.2 Å². The SMILES string of the molecule is Cc1nn([C@@H]2CCS(=O)(=O)C2)c2c1[C@H](c1cccc(OCC(C)C)c1)CC(=O)N2. The lowest BCUT2D eigenvalue weighted by Crippen LogP contribution is -2.26. The van der Waals surface area contributed by atoms with Crippen molar-refractivity contribution in [2.24, 2.45) is 5.92 Å². The summed E-state index contributed by atoms with van der Waals surface area (Å²) in [6.45, 7) is 6.75. The van der Waals surface area contributed by atoms with Gasteiger partial charge in [0, 0.05) is 17.9 Å². The molecule has 2 aliphatic rings. The number of carbonyl (C=O) groups is 1. The first-order valence-electron chi connectivity index (χ1n) is 10.1. The molecule has 0 unspecified atom stereocenters. The van der Waals surface area contributed by atoms with Crippen LogP contribution in [0.5, 0.6) is 5.75 Å². The summed E-state index contributed by atoms with van der Waals surface area (Å²) in [5.41, 5.74) is 2.79. The molecule has 1 N–H and O–H groups in total. The van der Waals surface area contributed by atoms with Crippen molar-refractivity contribution in [3.8, 4) is 5.75 Å². The molecule has 0 aliphatic carbocycles. The molecular formula is C21H27N3O4S. The van der Waals surface area contributed by atoms with Crippen LogP contribution in [0.2, 0.25) is 0 Å². The molecular weight excluding hydrogens is 390 g/mol. The molecule has 1 fully saturated rings. The third-order valence-corrected chi connectivity index (χ3v) is 7.28. The van der Waals surface area contributed by atoms with E-state index in [9.17, 15) is 13.2 Å². The van der Waals surface area contributed by atoms with Crippen LogP contribution in [-0.4, -0.2) is 42.2 Å². The molecule has 8 heteroatoms. The van der Waals surface area contributed by atoms with Crippen molar-refractivity contribution < 1.29 is 17.9 Å². The third kappa shape index (κ3) is 4.03. The van der Waals surface area contributed by atoms with Crippen molar-refractivity contribution in [3.05, 3.63) is 41.1 Å². The number of fused-ring (bicyclic) bond motifs is 1. The van der Waals surface area contributed by atoms with E-state index in [4.69, 9.17) is 4.74 Å². The second kappa shape index (κ2) is 7.48. The van der Waals surface area contributed by atoms with Gasteiger partial charge < -0.3 is 10.1 Å². The zero-order chi connectivity index (χ0) is 20.8. The number of nitrogens with one attached hydrogen (secondary N) is 1. The molecule has 1 saturated heterocycles. The zero-order valence-electron chi connectivity index (χ0n) is 17.0. The molecule has 29 heavy (non-hydrogen) atoms. The number of anilines is 1. The Morgan fingerprint density at radius 2 is 2.14 bits per heavy atom. The van der Waals surface area contributed by atoms with E-state index >= 15 is 0 Å². The highest BCUT2D eigenvalue weighted by molar-refractivity contribution is 7.91. The number of hydrogen-bond donors (Lipinski definition) is 1. The summed E-state index contributed by atoms with van der Waals surface area (Å²) in [6.07, 6.45) is 0.852. The molecule has 2 aromatic rings. The molecule has 7 nitrogen and oxygen atoms in total. The topological polar surface area (TPSA) is 90.3 Å². The van der Waals surface area contributed by atoms with Gasteiger partial charge in [-0.15, -0.1) is 0 Å². The monoisotopic (exact) mass is 417 g/mol. The van der Waals surface area contributed by atoms with Crippen molar-refractivity contribution in [2.75, 3.05) is 23.4 Å². The molecule has 1 aromatic carbocycles. The maximum absolute atomic E-state index is 12.5. The number of hydrogen-bond acceptors (Lipinski definition) is 5. The van der Waals surface area contributed by atoms with Crippen molar-refractivity contribution in [1.29, 1.82) is 0 Å². The predicted molar refractivity (Wildman–Crippen MR) is 111 cm³/mol. The standard InChI is InChI=1S/C21H27N3O4S/c1-13(2)11-28-17-6-4-5-15(9-17)18-10-19(25)22-21-20(18)14(3)23-24(21)16-7-8-29(26,27)12-16/h4-6,9,13,16,18H,7-8,10-12H2,1-3H3,(H,22,25)/t16-,18+/m1/s1. The molecule has 1 aromatic heterocycles. The van der Waals surface area contributed by atoms with E-state index in [1.165, 1.54) is 0 Å². The van der Waals surface area contributed by atoms with Crippen LogP contribution in [0.3, 0.4) is 0 Å². The maximum atomic E-state index is 12.5. The van der Waals surface area contributed by atoms with Crippen LogP contribution in [0, 0.1) is 12.8 Å². The van der Waals surface area contributed by atoms with E-state index in [1.54, 1.807) is 4.68 Å². The molecule has 2 aliphatic heterocycles. The summed E-state index contributed by atoms with van der Waals surface area (Å²) in [5, 5.41) is 7.58. The van der Waals surface area contributed by atoms with E-state index in [0.29, 0.717) is 31.2 Å². The normalized spacial score (nSPS) is 23.1. The van der Waals surface area contributed by atoms with Crippen molar-refractivity contribution >= 4 is 21.6 Å². The Hall–Kier alpha value is -2.35. The summed E-state index contributed by atoms with van der Waals surface area (Å²) >= 11 is 0. The Morgan fingerprint density at radius 3 is 2.83 bits per heavy atom. The maximum Gasteiger partial charge on any atom is 0.226 e. The molecule has 4 rings (SSSR count). The average molecular weight is 418 g/mol. The highest BCUT2D eigenvalue weighted by Gasteiger charge is 2.37. The van der Waals surface area contributed by atoms with Gasteiger partial charge in [0.15, 0.2) is 9.84 Å². The number of amides is 1. The molecule has 0 radical (unpaired) electrons. The average Bonchev–Trinajstić information content (AvgIpc) is 3.19. The van der Waals surface area contributed by atoms with Crippen LogP contribution in [0.4, 0.5) is 5.82 Å². The number of aryl methyl sites for hydroxylation is 1. The smallest absolute Gasteiger partial charge is 0.226 e. The van der Waals surface area contributed by atoms with Crippen LogP contribution in [-0.2, 0) is 14.6 Å². The van der Waals surface area contributed by atoms with Gasteiger partial charge in [-0.3, -0.25) is 4.79 Å². The minimum atomic E-state index is -3.05. The van der Waals surface area contributed by atoms with Gasteiger partial charge in [0.25, 0.3) is 0 Å². The Balaban J connectivity index is 1.70. The van der Waals surface area contributed by atoms with Gasteiger partial charge in [0.1, 0.15) is 11.6 Å². The highest BCUT2D eigenvalue weighted by atomic mass is 32.2. The van der Waals surface area contributed by atoms with E-state index < -0.39 is 9.84 Å².